The molecule has 0 bridgehead atoms. The van der Waals surface area contributed by atoms with Crippen LogP contribution in [-0.2, 0) is 19.6 Å². The van der Waals surface area contributed by atoms with Crippen LogP contribution in [0.1, 0.15) is 60.3 Å². The van der Waals surface area contributed by atoms with Gasteiger partial charge in [-0.2, -0.15) is 4.31 Å². The maximum atomic E-state index is 13.9. The van der Waals surface area contributed by atoms with Crippen molar-refractivity contribution in [3.05, 3.63) is 47.1 Å². The Hall–Kier alpha value is -3.32. The Morgan fingerprint density at radius 3 is 2.50 bits per heavy atom. The number of aryl methyl sites for hydroxylation is 2. The van der Waals surface area contributed by atoms with E-state index in [9.17, 15) is 32.3 Å². The molecule has 1 saturated heterocycles. The molecule has 1 aromatic heterocycles. The summed E-state index contributed by atoms with van der Waals surface area (Å²) in [6, 6.07) is 4.16. The fourth-order valence-corrected chi connectivity index (χ4v) is 7.25. The Bertz CT molecular complexity index is 1300. The molecule has 2 amide bonds. The third-order valence-corrected chi connectivity index (χ3v) is 9.27. The highest BCUT2D eigenvalue weighted by molar-refractivity contribution is 7.89. The number of halogens is 1. The number of carboxylic acids is 1. The predicted molar refractivity (Wildman–Crippen MR) is 132 cm³/mol. The largest absolute Gasteiger partial charge is 0.481 e. The molecule has 1 saturated carbocycles. The van der Waals surface area contributed by atoms with Crippen molar-refractivity contribution in [1.82, 2.24) is 19.7 Å². The van der Waals surface area contributed by atoms with E-state index in [1.54, 1.807) is 0 Å². The zero-order valence-electron chi connectivity index (χ0n) is 21.2. The monoisotopic (exact) mass is 550 g/mol. The van der Waals surface area contributed by atoms with Gasteiger partial charge in [0.25, 0.3) is 21.8 Å². The SMILES string of the molecule is Cc1noc(C)c1S(=O)(=O)N1CCN(C(=O)c2cccc(F)c2)C1C(=O)NC(CC(=O)O)C1CCCCC1. The van der Waals surface area contributed by atoms with Gasteiger partial charge in [0, 0.05) is 24.7 Å². The van der Waals surface area contributed by atoms with Crippen LogP contribution >= 0.6 is 0 Å². The molecule has 4 rings (SSSR count). The zero-order valence-corrected chi connectivity index (χ0v) is 22.0. The minimum absolute atomic E-state index is 0.0301. The first-order valence-electron chi connectivity index (χ1n) is 12.5. The van der Waals surface area contributed by atoms with Crippen LogP contribution in [0.15, 0.2) is 33.7 Å². The Labute approximate surface area is 220 Å². The third kappa shape index (κ3) is 5.58. The molecule has 2 unspecified atom stereocenters. The summed E-state index contributed by atoms with van der Waals surface area (Å²) < 4.78 is 47.3. The Balaban J connectivity index is 1.71. The number of nitrogens with one attached hydrogen (secondary N) is 1. The van der Waals surface area contributed by atoms with E-state index in [0.717, 1.165) is 47.4 Å². The molecule has 0 spiro atoms. The normalized spacial score (nSPS) is 19.9. The van der Waals surface area contributed by atoms with E-state index >= 15 is 0 Å². The lowest BCUT2D eigenvalue weighted by atomic mass is 9.82. The number of amides is 2. The molecule has 2 N–H and O–H groups in total. The first kappa shape index (κ1) is 27.7. The topological polar surface area (TPSA) is 150 Å². The molecule has 2 heterocycles. The van der Waals surface area contributed by atoms with Gasteiger partial charge < -0.3 is 19.8 Å². The summed E-state index contributed by atoms with van der Waals surface area (Å²) in [4.78, 5) is 39.7. The molecule has 11 nitrogen and oxygen atoms in total. The molecule has 1 aromatic carbocycles. The second-order valence-electron chi connectivity index (χ2n) is 9.76. The second-order valence-corrected chi connectivity index (χ2v) is 11.6. The third-order valence-electron chi connectivity index (χ3n) is 7.17. The first-order valence-corrected chi connectivity index (χ1v) is 14.0. The molecule has 2 atom stereocenters. The van der Waals surface area contributed by atoms with Gasteiger partial charge in [0.05, 0.1) is 6.42 Å². The molecule has 1 aliphatic heterocycles. The van der Waals surface area contributed by atoms with Crippen LogP contribution in [0.5, 0.6) is 0 Å². The van der Waals surface area contributed by atoms with Crippen molar-refractivity contribution < 1.29 is 36.8 Å². The number of carbonyl (C=O) groups is 3. The van der Waals surface area contributed by atoms with E-state index in [0.29, 0.717) is 0 Å². The Morgan fingerprint density at radius 2 is 1.89 bits per heavy atom. The van der Waals surface area contributed by atoms with Gasteiger partial charge in [-0.05, 0) is 50.8 Å². The number of rotatable bonds is 8. The molecule has 2 aromatic rings. The van der Waals surface area contributed by atoms with Crippen molar-refractivity contribution in [1.29, 1.82) is 0 Å². The smallest absolute Gasteiger partial charge is 0.305 e. The lowest BCUT2D eigenvalue weighted by Gasteiger charge is -2.34. The van der Waals surface area contributed by atoms with Gasteiger partial charge in [-0.25, -0.2) is 12.8 Å². The van der Waals surface area contributed by atoms with Crippen molar-refractivity contribution >= 4 is 27.8 Å². The van der Waals surface area contributed by atoms with E-state index < -0.39 is 45.8 Å². The number of nitrogens with zero attached hydrogens (tertiary/aromatic N) is 3. The summed E-state index contributed by atoms with van der Waals surface area (Å²) in [6.07, 6.45) is 2.33. The maximum absolute atomic E-state index is 13.9. The number of benzene rings is 1. The van der Waals surface area contributed by atoms with E-state index in [-0.39, 0.29) is 47.3 Å². The van der Waals surface area contributed by atoms with Crippen LogP contribution in [0.4, 0.5) is 4.39 Å². The van der Waals surface area contributed by atoms with Gasteiger partial charge >= 0.3 is 5.97 Å². The van der Waals surface area contributed by atoms with Gasteiger partial charge in [0.1, 0.15) is 16.4 Å². The molecule has 206 valence electrons. The van der Waals surface area contributed by atoms with Crippen LogP contribution in [-0.4, -0.2) is 71.0 Å². The Kier molecular flexibility index (Phi) is 8.16. The van der Waals surface area contributed by atoms with Gasteiger partial charge in [-0.15, -0.1) is 0 Å². The number of carboxylic acid groups (broad SMARTS) is 1. The highest BCUT2D eigenvalue weighted by atomic mass is 32.2. The van der Waals surface area contributed by atoms with Gasteiger partial charge in [0.2, 0.25) is 0 Å². The number of aliphatic carboxylic acids is 1. The second kappa shape index (κ2) is 11.2. The molecular weight excluding hydrogens is 519 g/mol. The van der Waals surface area contributed by atoms with E-state index in [1.165, 1.54) is 32.0 Å². The highest BCUT2D eigenvalue weighted by Gasteiger charge is 2.48. The highest BCUT2D eigenvalue weighted by Crippen LogP contribution is 2.31. The number of hydrogen-bond acceptors (Lipinski definition) is 7. The minimum Gasteiger partial charge on any atom is -0.481 e. The molecule has 0 radical (unpaired) electrons. The number of sulfonamides is 1. The van der Waals surface area contributed by atoms with Crippen molar-refractivity contribution in [2.24, 2.45) is 5.92 Å². The fourth-order valence-electron chi connectivity index (χ4n) is 5.41. The van der Waals surface area contributed by atoms with Crippen molar-refractivity contribution in [2.45, 2.75) is 69.5 Å². The number of hydrogen-bond donors (Lipinski definition) is 2. The van der Waals surface area contributed by atoms with E-state index in [1.807, 2.05) is 0 Å². The maximum Gasteiger partial charge on any atom is 0.305 e. The molecule has 2 fully saturated rings. The summed E-state index contributed by atoms with van der Waals surface area (Å²) >= 11 is 0. The Morgan fingerprint density at radius 1 is 1.18 bits per heavy atom. The van der Waals surface area contributed by atoms with Crippen molar-refractivity contribution in [3.8, 4) is 0 Å². The van der Waals surface area contributed by atoms with E-state index in [2.05, 4.69) is 10.5 Å². The molecule has 13 heteroatoms. The van der Waals surface area contributed by atoms with Crippen LogP contribution in [0.25, 0.3) is 0 Å². The average Bonchev–Trinajstić information content (AvgIpc) is 3.47. The van der Waals surface area contributed by atoms with Gasteiger partial charge in [0.15, 0.2) is 11.9 Å². The number of carbonyl (C=O) groups excluding carboxylic acids is 2. The van der Waals surface area contributed by atoms with Crippen LogP contribution in [0.2, 0.25) is 0 Å². The quantitative estimate of drug-likeness (QED) is 0.509. The van der Waals surface area contributed by atoms with E-state index in [4.69, 9.17) is 4.52 Å². The summed E-state index contributed by atoms with van der Waals surface area (Å²) in [5, 5.41) is 16.0. The standard InChI is InChI=1S/C25H31FN4O7S/c1-15-22(16(2)37-28-15)38(35,36)30-12-11-29(25(34)18-9-6-10-19(26)13-18)24(30)23(33)27-20(14-21(31)32)17-7-4-3-5-8-17/h6,9-10,13,17,20,24H,3-5,7-8,11-12,14H2,1-2H3,(H,27,33)(H,31,32). The van der Waals surface area contributed by atoms with Crippen LogP contribution in [0.3, 0.4) is 0 Å². The fraction of sp³-hybridized carbons (Fsp3) is 0.520. The predicted octanol–water partition coefficient (Wildman–Crippen LogP) is 2.44. The lowest BCUT2D eigenvalue weighted by Crippen LogP contribution is -2.56. The average molecular weight is 551 g/mol. The summed E-state index contributed by atoms with van der Waals surface area (Å²) in [6.45, 7) is 2.54. The zero-order chi connectivity index (χ0) is 27.6. The van der Waals surface area contributed by atoms with Crippen molar-refractivity contribution in [2.75, 3.05) is 13.1 Å². The molecule has 38 heavy (non-hydrogen) atoms. The first-order chi connectivity index (χ1) is 18.0. The molecular formula is C25H31FN4O7S. The van der Waals surface area contributed by atoms with Crippen LogP contribution < -0.4 is 5.32 Å². The van der Waals surface area contributed by atoms with Crippen molar-refractivity contribution in [3.63, 3.8) is 0 Å². The summed E-state index contributed by atoms with van der Waals surface area (Å²) in [5.74, 6) is -3.36. The number of aromatic nitrogens is 1. The molecule has 2 aliphatic rings. The summed E-state index contributed by atoms with van der Waals surface area (Å²) in [7, 11) is -4.36. The minimum atomic E-state index is -4.36. The summed E-state index contributed by atoms with van der Waals surface area (Å²) in [5.41, 5.74) is 0.0521. The van der Waals surface area contributed by atoms with Gasteiger partial charge in [-0.3, -0.25) is 14.4 Å². The molecule has 1 aliphatic carbocycles. The van der Waals surface area contributed by atoms with Gasteiger partial charge in [-0.1, -0.05) is 30.5 Å². The van der Waals surface area contributed by atoms with Crippen LogP contribution in [0, 0.1) is 25.6 Å². The lowest BCUT2D eigenvalue weighted by molar-refractivity contribution is -0.138.